The fraction of sp³-hybridized carbons (Fsp3) is 0.314. The molecule has 5 rings (SSSR count). The van der Waals surface area contributed by atoms with Crippen molar-refractivity contribution in [3.63, 3.8) is 0 Å². The molecular formula is C35H38N4O4S. The number of carboxylic acid groups (broad SMARTS) is 1. The highest BCUT2D eigenvalue weighted by atomic mass is 32.1. The minimum atomic E-state index is -0.818. The zero-order chi connectivity index (χ0) is 31.4. The van der Waals surface area contributed by atoms with Crippen molar-refractivity contribution in [2.24, 2.45) is 0 Å². The molecule has 0 radical (unpaired) electrons. The molecule has 9 heteroatoms. The van der Waals surface area contributed by atoms with Crippen LogP contribution in [0.3, 0.4) is 0 Å². The topological polar surface area (TPSA) is 115 Å². The summed E-state index contributed by atoms with van der Waals surface area (Å²) in [7, 11) is 0. The molecule has 8 nitrogen and oxygen atoms in total. The molecule has 2 aromatic carbocycles. The van der Waals surface area contributed by atoms with E-state index in [1.54, 1.807) is 0 Å². The molecule has 0 saturated heterocycles. The number of thiazole rings is 1. The van der Waals surface area contributed by atoms with Gasteiger partial charge in [-0.15, -0.1) is 11.3 Å². The zero-order valence-corrected chi connectivity index (χ0v) is 26.4. The third-order valence-electron chi connectivity index (χ3n) is 8.22. The van der Waals surface area contributed by atoms with Crippen LogP contribution < -0.4 is 5.32 Å². The maximum absolute atomic E-state index is 13.2. The first-order chi connectivity index (χ1) is 21.2. The Morgan fingerprint density at radius 3 is 2.59 bits per heavy atom. The van der Waals surface area contributed by atoms with Crippen molar-refractivity contribution in [3.8, 4) is 21.8 Å². The number of carbonyl (C=O) groups is 3. The van der Waals surface area contributed by atoms with E-state index in [0.717, 1.165) is 81.6 Å². The third kappa shape index (κ3) is 6.74. The second-order valence-electron chi connectivity index (χ2n) is 11.1. The summed E-state index contributed by atoms with van der Waals surface area (Å²) in [5.74, 6) is -0.881. The lowest BCUT2D eigenvalue weighted by Gasteiger charge is -2.17. The number of aromatic nitrogens is 2. The number of hydrogen-bond acceptors (Lipinski definition) is 6. The Labute approximate surface area is 261 Å². The molecule has 4 aromatic rings. The number of hydrogen-bond donors (Lipinski definition) is 3. The number of ketones is 1. The summed E-state index contributed by atoms with van der Waals surface area (Å²) in [6, 6.07) is 13.6. The van der Waals surface area contributed by atoms with Gasteiger partial charge in [-0.25, -0.2) is 4.98 Å². The SMILES string of the molecule is CCN(CC)CCCC(=O)c1c(C)[nH]c(/C=C2\C(=O)Nc3ccc(-c4csc(-c5cccc(CCC(=O)O)c5)n4)cc32)c1C. The number of rotatable bonds is 13. The van der Waals surface area contributed by atoms with E-state index in [1.807, 2.05) is 67.8 Å². The quantitative estimate of drug-likeness (QED) is 0.109. The molecule has 1 amide bonds. The van der Waals surface area contributed by atoms with E-state index in [2.05, 4.69) is 29.0 Å². The van der Waals surface area contributed by atoms with Crippen LogP contribution in [0.25, 0.3) is 33.5 Å². The third-order valence-corrected chi connectivity index (χ3v) is 9.11. The number of carbonyl (C=O) groups excluding carboxylic acids is 2. The summed E-state index contributed by atoms with van der Waals surface area (Å²) in [4.78, 5) is 47.8. The Morgan fingerprint density at radius 1 is 1.05 bits per heavy atom. The molecule has 0 unspecified atom stereocenters. The van der Waals surface area contributed by atoms with Gasteiger partial charge in [0.1, 0.15) is 5.01 Å². The lowest BCUT2D eigenvalue weighted by molar-refractivity contribution is -0.137. The molecule has 0 fully saturated rings. The van der Waals surface area contributed by atoms with Crippen molar-refractivity contribution in [2.45, 2.75) is 53.4 Å². The van der Waals surface area contributed by atoms with Gasteiger partial charge in [0.15, 0.2) is 5.78 Å². The largest absolute Gasteiger partial charge is 0.481 e. The lowest BCUT2D eigenvalue weighted by Crippen LogP contribution is -2.24. The number of aromatic amines is 1. The maximum Gasteiger partial charge on any atom is 0.303 e. The Kier molecular flexibility index (Phi) is 9.56. The first kappa shape index (κ1) is 31.1. The van der Waals surface area contributed by atoms with Crippen LogP contribution in [0.15, 0.2) is 47.8 Å². The van der Waals surface area contributed by atoms with Crippen LogP contribution in [-0.4, -0.2) is 57.3 Å². The Bertz CT molecular complexity index is 1740. The summed E-state index contributed by atoms with van der Waals surface area (Å²) in [6.45, 7) is 11.0. The number of aryl methyl sites for hydroxylation is 2. The molecular weight excluding hydrogens is 572 g/mol. The fourth-order valence-corrected chi connectivity index (χ4v) is 6.58. The van der Waals surface area contributed by atoms with E-state index in [4.69, 9.17) is 10.1 Å². The predicted molar refractivity (Wildman–Crippen MR) is 177 cm³/mol. The zero-order valence-electron chi connectivity index (χ0n) is 25.6. The summed E-state index contributed by atoms with van der Waals surface area (Å²) in [5.41, 5.74) is 8.79. The monoisotopic (exact) mass is 610 g/mol. The second-order valence-corrected chi connectivity index (χ2v) is 12.0. The molecule has 3 N–H and O–H groups in total. The first-order valence-electron chi connectivity index (χ1n) is 15.1. The molecule has 228 valence electrons. The number of fused-ring (bicyclic) bond motifs is 1. The number of anilines is 1. The Morgan fingerprint density at radius 2 is 1.84 bits per heavy atom. The fourth-order valence-electron chi connectivity index (χ4n) is 5.75. The number of Topliss-reactive ketones (excluding diaryl/α,β-unsaturated/α-hetero) is 1. The van der Waals surface area contributed by atoms with E-state index >= 15 is 0 Å². The molecule has 0 bridgehead atoms. The van der Waals surface area contributed by atoms with E-state index in [-0.39, 0.29) is 18.1 Å². The van der Waals surface area contributed by atoms with Crippen LogP contribution in [0.4, 0.5) is 5.69 Å². The van der Waals surface area contributed by atoms with Crippen LogP contribution in [0.1, 0.15) is 71.5 Å². The highest BCUT2D eigenvalue weighted by Gasteiger charge is 2.26. The summed E-state index contributed by atoms with van der Waals surface area (Å²) < 4.78 is 0. The van der Waals surface area contributed by atoms with Crippen molar-refractivity contribution in [3.05, 3.63) is 81.5 Å². The van der Waals surface area contributed by atoms with E-state index in [1.165, 1.54) is 11.3 Å². The van der Waals surface area contributed by atoms with Crippen molar-refractivity contribution in [1.29, 1.82) is 0 Å². The molecule has 2 aromatic heterocycles. The Hall–Kier alpha value is -4.34. The minimum absolute atomic E-state index is 0.0838. The minimum Gasteiger partial charge on any atom is -0.481 e. The van der Waals surface area contributed by atoms with Gasteiger partial charge >= 0.3 is 5.97 Å². The number of amides is 1. The summed E-state index contributed by atoms with van der Waals surface area (Å²) in [5, 5.41) is 14.8. The molecule has 0 saturated carbocycles. The van der Waals surface area contributed by atoms with Crippen molar-refractivity contribution in [2.75, 3.05) is 25.0 Å². The van der Waals surface area contributed by atoms with Crippen molar-refractivity contribution in [1.82, 2.24) is 14.9 Å². The van der Waals surface area contributed by atoms with Crippen molar-refractivity contribution >= 4 is 46.3 Å². The van der Waals surface area contributed by atoms with Crippen LogP contribution >= 0.6 is 11.3 Å². The molecule has 0 spiro atoms. The number of carboxylic acids is 1. The van der Waals surface area contributed by atoms with Crippen LogP contribution in [0, 0.1) is 13.8 Å². The van der Waals surface area contributed by atoms with Gasteiger partial charge in [0.25, 0.3) is 5.91 Å². The average Bonchev–Trinajstić information content (AvgIpc) is 3.70. The highest BCUT2D eigenvalue weighted by Crippen LogP contribution is 2.38. The van der Waals surface area contributed by atoms with Gasteiger partial charge in [0.05, 0.1) is 11.3 Å². The maximum atomic E-state index is 13.2. The standard InChI is InChI=1S/C35H38N4O4S/c1-5-39(6-2)16-8-11-31(40)33-21(3)29(36-22(33)4)19-27-26-18-24(13-14-28(26)37-34(27)43)30-20-44-35(38-30)25-10-7-9-23(17-25)12-15-32(41)42/h7,9-10,13-14,17-20,36H,5-6,8,11-12,15-16H2,1-4H3,(H,37,43)(H,41,42)/b27-19-. The molecule has 3 heterocycles. The van der Waals surface area contributed by atoms with Crippen LogP contribution in [-0.2, 0) is 16.0 Å². The van der Waals surface area contributed by atoms with Crippen LogP contribution in [0.2, 0.25) is 0 Å². The Balaban J connectivity index is 1.38. The molecule has 44 heavy (non-hydrogen) atoms. The van der Waals surface area contributed by atoms with Gasteiger partial charge in [0, 0.05) is 57.6 Å². The molecule has 0 aliphatic carbocycles. The predicted octanol–water partition coefficient (Wildman–Crippen LogP) is 7.24. The van der Waals surface area contributed by atoms with Gasteiger partial charge in [-0.3, -0.25) is 14.4 Å². The summed E-state index contributed by atoms with van der Waals surface area (Å²) >= 11 is 1.52. The number of benzene rings is 2. The smallest absolute Gasteiger partial charge is 0.303 e. The number of aliphatic carboxylic acids is 1. The number of H-pyrrole nitrogens is 1. The summed E-state index contributed by atoms with van der Waals surface area (Å²) in [6.07, 6.45) is 3.69. The normalized spacial score (nSPS) is 13.5. The van der Waals surface area contributed by atoms with E-state index in [0.29, 0.717) is 24.0 Å². The number of nitrogens with one attached hydrogen (secondary N) is 2. The van der Waals surface area contributed by atoms with E-state index < -0.39 is 5.97 Å². The molecule has 1 aliphatic rings. The van der Waals surface area contributed by atoms with Crippen molar-refractivity contribution < 1.29 is 19.5 Å². The van der Waals surface area contributed by atoms with Crippen LogP contribution in [0.5, 0.6) is 0 Å². The average molecular weight is 611 g/mol. The van der Waals surface area contributed by atoms with Gasteiger partial charge < -0.3 is 20.3 Å². The lowest BCUT2D eigenvalue weighted by atomic mass is 9.99. The first-order valence-corrected chi connectivity index (χ1v) is 16.0. The van der Waals surface area contributed by atoms with E-state index in [9.17, 15) is 14.4 Å². The van der Waals surface area contributed by atoms with Gasteiger partial charge in [-0.05, 0) is 81.7 Å². The second kappa shape index (κ2) is 13.5. The van der Waals surface area contributed by atoms with Gasteiger partial charge in [-0.2, -0.15) is 0 Å². The number of nitrogens with zero attached hydrogens (tertiary/aromatic N) is 2. The van der Waals surface area contributed by atoms with Gasteiger partial charge in [0.2, 0.25) is 0 Å². The van der Waals surface area contributed by atoms with Gasteiger partial charge in [-0.1, -0.05) is 38.1 Å². The molecule has 1 aliphatic heterocycles. The highest BCUT2D eigenvalue weighted by molar-refractivity contribution is 7.13. The molecule has 0 atom stereocenters.